The molecule has 5 nitrogen and oxygen atoms in total. The first-order chi connectivity index (χ1) is 15.2. The Morgan fingerprint density at radius 1 is 1.06 bits per heavy atom. The van der Waals surface area contributed by atoms with Gasteiger partial charge in [-0.2, -0.15) is 0 Å². The van der Waals surface area contributed by atoms with E-state index < -0.39 is 0 Å². The van der Waals surface area contributed by atoms with Crippen LogP contribution in [0, 0.1) is 18.8 Å². The zero-order chi connectivity index (χ0) is 21.5. The summed E-state index contributed by atoms with van der Waals surface area (Å²) in [5.74, 6) is 1.94. The fourth-order valence-electron chi connectivity index (χ4n) is 4.81. The maximum atomic E-state index is 13.2. The molecule has 0 aliphatic carbocycles. The highest BCUT2D eigenvalue weighted by Crippen LogP contribution is 2.25. The van der Waals surface area contributed by atoms with Crippen LogP contribution in [0.5, 0.6) is 5.75 Å². The van der Waals surface area contributed by atoms with Gasteiger partial charge >= 0.3 is 0 Å². The molecule has 0 spiro atoms. The second-order valence-corrected chi connectivity index (χ2v) is 9.06. The van der Waals surface area contributed by atoms with Crippen LogP contribution in [-0.2, 0) is 11.2 Å². The number of benzene rings is 1. The Bertz CT molecular complexity index is 834. The number of ether oxygens (including phenoxy) is 1. The molecule has 4 rings (SSSR count). The molecule has 0 bridgehead atoms. The third-order valence-electron chi connectivity index (χ3n) is 6.75. The molecule has 2 aliphatic heterocycles. The molecule has 2 fully saturated rings. The fraction of sp³-hybridized carbons (Fsp3) is 0.538. The van der Waals surface area contributed by atoms with Crippen molar-refractivity contribution in [1.29, 1.82) is 0 Å². The minimum Gasteiger partial charge on any atom is -0.493 e. The van der Waals surface area contributed by atoms with Crippen molar-refractivity contribution in [3.05, 3.63) is 59.9 Å². The summed E-state index contributed by atoms with van der Waals surface area (Å²) in [6, 6.07) is 14.3. The number of pyridine rings is 1. The number of hydrogen-bond acceptors (Lipinski definition) is 4. The molecule has 1 aromatic heterocycles. The molecule has 2 aliphatic rings. The molecular weight excluding hydrogens is 386 g/mol. The lowest BCUT2D eigenvalue weighted by Crippen LogP contribution is -2.47. The van der Waals surface area contributed by atoms with Crippen LogP contribution in [0.15, 0.2) is 48.7 Å². The van der Waals surface area contributed by atoms with Gasteiger partial charge in [0.15, 0.2) is 0 Å². The topological polar surface area (TPSA) is 45.7 Å². The quantitative estimate of drug-likeness (QED) is 0.679. The lowest BCUT2D eigenvalue weighted by molar-refractivity contribution is -0.139. The molecule has 2 saturated heterocycles. The Kier molecular flexibility index (Phi) is 7.57. The first-order valence-corrected chi connectivity index (χ1v) is 11.8. The smallest absolute Gasteiger partial charge is 0.225 e. The highest BCUT2D eigenvalue weighted by molar-refractivity contribution is 5.79. The molecule has 0 N–H and O–H groups in total. The summed E-state index contributed by atoms with van der Waals surface area (Å²) in [4.78, 5) is 22.2. The van der Waals surface area contributed by atoms with E-state index in [1.54, 1.807) is 0 Å². The Labute approximate surface area is 186 Å². The van der Waals surface area contributed by atoms with Gasteiger partial charge < -0.3 is 14.5 Å². The lowest BCUT2D eigenvalue weighted by atomic mass is 9.92. The summed E-state index contributed by atoms with van der Waals surface area (Å²) < 4.78 is 6.08. The summed E-state index contributed by atoms with van der Waals surface area (Å²) in [7, 11) is 0. The van der Waals surface area contributed by atoms with Gasteiger partial charge in [0.1, 0.15) is 5.75 Å². The van der Waals surface area contributed by atoms with Gasteiger partial charge in [-0.1, -0.05) is 24.3 Å². The van der Waals surface area contributed by atoms with Gasteiger partial charge in [-0.15, -0.1) is 0 Å². The molecule has 166 valence electrons. The Morgan fingerprint density at radius 3 is 2.65 bits per heavy atom. The van der Waals surface area contributed by atoms with Crippen LogP contribution in [0.4, 0.5) is 0 Å². The van der Waals surface area contributed by atoms with Crippen molar-refractivity contribution in [2.75, 3.05) is 39.3 Å². The number of para-hydroxylation sites is 1. The van der Waals surface area contributed by atoms with Crippen LogP contribution >= 0.6 is 0 Å². The number of aryl methyl sites for hydroxylation is 1. The van der Waals surface area contributed by atoms with Gasteiger partial charge in [-0.05, 0) is 69.5 Å². The Hall–Kier alpha value is -2.40. The highest BCUT2D eigenvalue weighted by atomic mass is 16.5. The third-order valence-corrected chi connectivity index (χ3v) is 6.75. The van der Waals surface area contributed by atoms with Gasteiger partial charge in [0.05, 0.1) is 6.61 Å². The number of carbonyl (C=O) groups is 1. The molecule has 31 heavy (non-hydrogen) atoms. The first-order valence-electron chi connectivity index (χ1n) is 11.8. The van der Waals surface area contributed by atoms with Crippen LogP contribution in [0.25, 0.3) is 0 Å². The van der Waals surface area contributed by atoms with E-state index in [4.69, 9.17) is 4.74 Å². The monoisotopic (exact) mass is 421 g/mol. The summed E-state index contributed by atoms with van der Waals surface area (Å²) in [6.07, 6.45) is 7.01. The molecule has 0 radical (unpaired) electrons. The molecule has 1 aromatic carbocycles. The van der Waals surface area contributed by atoms with Gasteiger partial charge in [0.2, 0.25) is 5.91 Å². The molecule has 0 saturated carbocycles. The highest BCUT2D eigenvalue weighted by Gasteiger charge is 2.31. The molecular formula is C26H35N3O2. The van der Waals surface area contributed by atoms with Gasteiger partial charge in [0, 0.05) is 49.8 Å². The predicted octanol–water partition coefficient (Wildman–Crippen LogP) is 3.96. The summed E-state index contributed by atoms with van der Waals surface area (Å²) >= 11 is 0. The number of piperidine rings is 2. The van der Waals surface area contributed by atoms with Crippen LogP contribution < -0.4 is 4.74 Å². The molecule has 0 unspecified atom stereocenters. The third kappa shape index (κ3) is 6.07. The van der Waals surface area contributed by atoms with E-state index in [1.807, 2.05) is 36.5 Å². The van der Waals surface area contributed by atoms with Gasteiger partial charge in [-0.3, -0.25) is 9.78 Å². The number of nitrogens with zero attached hydrogens (tertiary/aromatic N) is 3. The van der Waals surface area contributed by atoms with Gasteiger partial charge in [-0.25, -0.2) is 0 Å². The lowest BCUT2D eigenvalue weighted by Gasteiger charge is -2.37. The van der Waals surface area contributed by atoms with Crippen molar-refractivity contribution >= 4 is 5.91 Å². The molecule has 1 atom stereocenters. The average Bonchev–Trinajstić information content (AvgIpc) is 2.83. The van der Waals surface area contributed by atoms with E-state index in [2.05, 4.69) is 33.8 Å². The van der Waals surface area contributed by atoms with Crippen LogP contribution in [0.3, 0.4) is 0 Å². The van der Waals surface area contributed by atoms with Gasteiger partial charge in [0.25, 0.3) is 0 Å². The van der Waals surface area contributed by atoms with Crippen molar-refractivity contribution in [2.45, 2.75) is 39.0 Å². The van der Waals surface area contributed by atoms with E-state index >= 15 is 0 Å². The normalized spacial score (nSPS) is 20.5. The van der Waals surface area contributed by atoms with E-state index in [1.165, 1.54) is 5.56 Å². The summed E-state index contributed by atoms with van der Waals surface area (Å²) in [5.41, 5.74) is 2.31. The number of amides is 1. The summed E-state index contributed by atoms with van der Waals surface area (Å²) in [6.45, 7) is 7.56. The van der Waals surface area contributed by atoms with Crippen LogP contribution in [-0.4, -0.2) is 60.0 Å². The predicted molar refractivity (Wildman–Crippen MR) is 123 cm³/mol. The zero-order valence-corrected chi connectivity index (χ0v) is 18.7. The average molecular weight is 422 g/mol. The maximum Gasteiger partial charge on any atom is 0.225 e. The van der Waals surface area contributed by atoms with Crippen LogP contribution in [0.1, 0.15) is 36.9 Å². The second-order valence-electron chi connectivity index (χ2n) is 9.06. The molecule has 3 heterocycles. The van der Waals surface area contributed by atoms with Crippen molar-refractivity contribution in [1.82, 2.24) is 14.8 Å². The number of hydrogen-bond donors (Lipinski definition) is 0. The van der Waals surface area contributed by atoms with Crippen molar-refractivity contribution in [3.63, 3.8) is 0 Å². The first kappa shape index (κ1) is 21.8. The van der Waals surface area contributed by atoms with Crippen molar-refractivity contribution in [2.24, 2.45) is 11.8 Å². The number of carbonyl (C=O) groups excluding carboxylic acids is 1. The van der Waals surface area contributed by atoms with Crippen LogP contribution in [0.2, 0.25) is 0 Å². The summed E-state index contributed by atoms with van der Waals surface area (Å²) in [5, 5.41) is 0. The molecule has 1 amide bonds. The van der Waals surface area contributed by atoms with Crippen molar-refractivity contribution < 1.29 is 9.53 Å². The zero-order valence-electron chi connectivity index (χ0n) is 18.7. The minimum atomic E-state index is 0.183. The van der Waals surface area contributed by atoms with E-state index in [9.17, 15) is 4.79 Å². The molecule has 5 heteroatoms. The van der Waals surface area contributed by atoms with E-state index in [0.29, 0.717) is 18.4 Å². The van der Waals surface area contributed by atoms with Crippen molar-refractivity contribution in [3.8, 4) is 5.75 Å². The fourth-order valence-corrected chi connectivity index (χ4v) is 4.81. The number of aromatic nitrogens is 1. The Morgan fingerprint density at radius 2 is 1.87 bits per heavy atom. The second kappa shape index (κ2) is 10.8. The number of rotatable bonds is 7. The van der Waals surface area contributed by atoms with E-state index in [-0.39, 0.29) is 5.92 Å². The van der Waals surface area contributed by atoms with E-state index in [0.717, 1.165) is 76.3 Å². The standard InChI is InChI=1S/C26H35N3O2/c1-21-7-2-3-10-25(21)31-20-22-8-6-15-29(19-22)26(30)23-11-16-28(17-12-23)18-13-24-9-4-5-14-27-24/h2-5,7,9-10,14,22-23H,6,8,11-13,15-20H2,1H3/t22-/m1/s1. The molecule has 2 aromatic rings. The SMILES string of the molecule is Cc1ccccc1OC[C@@H]1CCCN(C(=O)C2CCN(CCc3ccccn3)CC2)C1. The largest absolute Gasteiger partial charge is 0.493 e. The Balaban J connectivity index is 1.21. The maximum absolute atomic E-state index is 13.2. The number of likely N-dealkylation sites (tertiary alicyclic amines) is 2. The minimum absolute atomic E-state index is 0.183.